The molecule has 1 aromatic carbocycles. The summed E-state index contributed by atoms with van der Waals surface area (Å²) in [7, 11) is 1.80. The molecule has 0 aliphatic heterocycles. The number of nitrogens with one attached hydrogen (secondary N) is 2. The summed E-state index contributed by atoms with van der Waals surface area (Å²) in [5, 5.41) is 9.81. The minimum atomic E-state index is -0.509. The molecule has 0 atom stereocenters. The minimum Gasteiger partial charge on any atom is -0.440 e. The van der Waals surface area contributed by atoms with Crippen LogP contribution >= 0.6 is 0 Å². The molecule has 4 aromatic rings. The lowest BCUT2D eigenvalue weighted by molar-refractivity contribution is 0.0916. The summed E-state index contributed by atoms with van der Waals surface area (Å²) < 4.78 is 20.2. The summed E-state index contributed by atoms with van der Waals surface area (Å²) in [6, 6.07) is 7.77. The van der Waals surface area contributed by atoms with Gasteiger partial charge in [0.15, 0.2) is 0 Å². The van der Waals surface area contributed by atoms with Crippen LogP contribution in [0, 0.1) is 12.7 Å². The van der Waals surface area contributed by atoms with Crippen molar-refractivity contribution in [3.05, 3.63) is 71.8 Å². The first-order chi connectivity index (χ1) is 14.5. The van der Waals surface area contributed by atoms with Crippen molar-refractivity contribution in [2.75, 3.05) is 5.32 Å². The number of hydrogen-bond acceptors (Lipinski definition) is 7. The van der Waals surface area contributed by atoms with Gasteiger partial charge in [-0.25, -0.2) is 19.3 Å². The smallest absolute Gasteiger partial charge is 0.307 e. The van der Waals surface area contributed by atoms with Gasteiger partial charge in [0.05, 0.1) is 6.20 Å². The van der Waals surface area contributed by atoms with Crippen LogP contribution in [0.3, 0.4) is 0 Å². The largest absolute Gasteiger partial charge is 0.440 e. The van der Waals surface area contributed by atoms with Gasteiger partial charge in [-0.2, -0.15) is 5.10 Å². The molecule has 30 heavy (non-hydrogen) atoms. The first-order valence-corrected chi connectivity index (χ1v) is 9.07. The lowest BCUT2D eigenvalue weighted by Crippen LogP contribution is -2.23. The minimum absolute atomic E-state index is 0.111. The standard InChI is InChI=1S/C20H18FN7O2/c1-12-9-23-20(26-16-6-7-24-28(16)2)27-17(12)15-11-30-19(25-15)18(29)22-10-13-4-3-5-14(21)8-13/h3-9,11H,10H2,1-2H3,(H,22,29)(H,23,26,27). The zero-order valence-electron chi connectivity index (χ0n) is 16.3. The highest BCUT2D eigenvalue weighted by Crippen LogP contribution is 2.22. The Bertz CT molecular complexity index is 1200. The van der Waals surface area contributed by atoms with Gasteiger partial charge in [-0.05, 0) is 30.2 Å². The molecule has 10 heteroatoms. The Morgan fingerprint density at radius 2 is 2.13 bits per heavy atom. The van der Waals surface area contributed by atoms with E-state index in [2.05, 4.69) is 30.7 Å². The van der Waals surface area contributed by atoms with Gasteiger partial charge in [0.2, 0.25) is 5.95 Å². The molecule has 0 aliphatic carbocycles. The summed E-state index contributed by atoms with van der Waals surface area (Å²) >= 11 is 0. The molecule has 4 rings (SSSR count). The molecule has 0 radical (unpaired) electrons. The van der Waals surface area contributed by atoms with Gasteiger partial charge in [-0.15, -0.1) is 0 Å². The van der Waals surface area contributed by atoms with E-state index in [-0.39, 0.29) is 18.3 Å². The number of carbonyl (C=O) groups is 1. The molecular formula is C20H18FN7O2. The van der Waals surface area contributed by atoms with Crippen LogP contribution < -0.4 is 10.6 Å². The first kappa shape index (κ1) is 19.2. The van der Waals surface area contributed by atoms with Gasteiger partial charge < -0.3 is 15.1 Å². The van der Waals surface area contributed by atoms with Gasteiger partial charge >= 0.3 is 5.91 Å². The fourth-order valence-electron chi connectivity index (χ4n) is 2.76. The van der Waals surface area contributed by atoms with E-state index in [0.717, 1.165) is 11.4 Å². The molecular weight excluding hydrogens is 389 g/mol. The van der Waals surface area contributed by atoms with Gasteiger partial charge in [0.25, 0.3) is 5.89 Å². The normalized spacial score (nSPS) is 10.8. The summed E-state index contributed by atoms with van der Waals surface area (Å²) in [5.41, 5.74) is 2.33. The van der Waals surface area contributed by atoms with Crippen molar-refractivity contribution in [1.29, 1.82) is 0 Å². The van der Waals surface area contributed by atoms with Gasteiger partial charge in [-0.3, -0.25) is 9.48 Å². The van der Waals surface area contributed by atoms with E-state index in [1.165, 1.54) is 18.4 Å². The average Bonchev–Trinajstić information content (AvgIpc) is 3.37. The molecule has 0 spiro atoms. The second-order valence-electron chi connectivity index (χ2n) is 6.54. The Balaban J connectivity index is 1.49. The number of anilines is 2. The van der Waals surface area contributed by atoms with E-state index in [0.29, 0.717) is 22.9 Å². The maximum Gasteiger partial charge on any atom is 0.307 e. The van der Waals surface area contributed by atoms with Gasteiger partial charge in [0, 0.05) is 25.9 Å². The highest BCUT2D eigenvalue weighted by Gasteiger charge is 2.17. The Kier molecular flexibility index (Phi) is 5.21. The lowest BCUT2D eigenvalue weighted by Gasteiger charge is -2.07. The van der Waals surface area contributed by atoms with Gasteiger partial charge in [-0.1, -0.05) is 12.1 Å². The second kappa shape index (κ2) is 8.11. The summed E-state index contributed by atoms with van der Waals surface area (Å²) in [4.78, 5) is 25.3. The van der Waals surface area contributed by atoms with Crippen molar-refractivity contribution in [1.82, 2.24) is 30.0 Å². The highest BCUT2D eigenvalue weighted by atomic mass is 19.1. The van der Waals surface area contributed by atoms with Crippen LogP contribution in [-0.2, 0) is 13.6 Å². The molecule has 0 bridgehead atoms. The van der Waals surface area contributed by atoms with E-state index in [4.69, 9.17) is 4.42 Å². The SMILES string of the molecule is Cc1cnc(Nc2ccnn2C)nc1-c1coc(C(=O)NCc2cccc(F)c2)n1. The maximum atomic E-state index is 13.3. The maximum absolute atomic E-state index is 13.3. The van der Waals surface area contributed by atoms with E-state index >= 15 is 0 Å². The molecule has 0 aliphatic rings. The van der Waals surface area contributed by atoms with Crippen LogP contribution in [0.1, 0.15) is 21.8 Å². The summed E-state index contributed by atoms with van der Waals surface area (Å²) in [6.07, 6.45) is 4.67. The molecule has 0 fully saturated rings. The predicted molar refractivity (Wildman–Crippen MR) is 106 cm³/mol. The molecule has 0 saturated carbocycles. The number of rotatable bonds is 6. The van der Waals surface area contributed by atoms with E-state index in [9.17, 15) is 9.18 Å². The fraction of sp³-hybridized carbons (Fsp3) is 0.150. The molecule has 2 N–H and O–H groups in total. The molecule has 152 valence electrons. The number of aromatic nitrogens is 5. The molecule has 3 heterocycles. The van der Waals surface area contributed by atoms with Crippen molar-refractivity contribution in [2.24, 2.45) is 7.05 Å². The highest BCUT2D eigenvalue weighted by molar-refractivity contribution is 5.90. The van der Waals surface area contributed by atoms with Crippen molar-refractivity contribution >= 4 is 17.7 Å². The lowest BCUT2D eigenvalue weighted by atomic mass is 10.2. The predicted octanol–water partition coefficient (Wildman–Crippen LogP) is 2.99. The van der Waals surface area contributed by atoms with E-state index in [1.54, 1.807) is 42.3 Å². The van der Waals surface area contributed by atoms with E-state index < -0.39 is 5.91 Å². The second-order valence-corrected chi connectivity index (χ2v) is 6.54. The number of carbonyl (C=O) groups excluding carboxylic acids is 1. The number of nitrogens with zero attached hydrogens (tertiary/aromatic N) is 5. The van der Waals surface area contributed by atoms with Crippen LogP contribution in [0.15, 0.2) is 53.4 Å². The van der Waals surface area contributed by atoms with Crippen LogP contribution in [-0.4, -0.2) is 30.6 Å². The Hall–Kier alpha value is -4.08. The molecule has 1 amide bonds. The van der Waals surface area contributed by atoms with Crippen molar-refractivity contribution in [3.63, 3.8) is 0 Å². The van der Waals surface area contributed by atoms with Crippen LogP contribution in [0.2, 0.25) is 0 Å². The van der Waals surface area contributed by atoms with Gasteiger partial charge in [0.1, 0.15) is 29.3 Å². The monoisotopic (exact) mass is 407 g/mol. The summed E-state index contributed by atoms with van der Waals surface area (Å²) in [6.45, 7) is 1.99. The Labute approximate surface area is 171 Å². The van der Waals surface area contributed by atoms with Crippen LogP contribution in [0.5, 0.6) is 0 Å². The number of aryl methyl sites for hydroxylation is 2. The molecule has 9 nitrogen and oxygen atoms in total. The topological polar surface area (TPSA) is 111 Å². The first-order valence-electron chi connectivity index (χ1n) is 9.07. The average molecular weight is 407 g/mol. The molecule has 0 unspecified atom stereocenters. The quantitative estimate of drug-likeness (QED) is 0.505. The zero-order chi connectivity index (χ0) is 21.1. The zero-order valence-corrected chi connectivity index (χ0v) is 16.3. The number of oxazole rings is 1. The molecule has 3 aromatic heterocycles. The van der Waals surface area contributed by atoms with Crippen molar-refractivity contribution in [2.45, 2.75) is 13.5 Å². The van der Waals surface area contributed by atoms with Crippen molar-refractivity contribution in [3.8, 4) is 11.4 Å². The van der Waals surface area contributed by atoms with E-state index in [1.807, 2.05) is 6.92 Å². The fourth-order valence-corrected chi connectivity index (χ4v) is 2.76. The molecule has 0 saturated heterocycles. The Morgan fingerprint density at radius 3 is 2.90 bits per heavy atom. The third kappa shape index (κ3) is 4.17. The summed E-state index contributed by atoms with van der Waals surface area (Å²) in [5.74, 6) is 0.0997. The number of amides is 1. The number of benzene rings is 1. The number of halogens is 1. The van der Waals surface area contributed by atoms with Crippen LogP contribution in [0.4, 0.5) is 16.2 Å². The van der Waals surface area contributed by atoms with Crippen LogP contribution in [0.25, 0.3) is 11.4 Å². The third-order valence-corrected chi connectivity index (χ3v) is 4.32. The van der Waals surface area contributed by atoms with Crippen molar-refractivity contribution < 1.29 is 13.6 Å². The number of hydrogen-bond donors (Lipinski definition) is 2. The third-order valence-electron chi connectivity index (χ3n) is 4.32. The Morgan fingerprint density at radius 1 is 1.27 bits per heavy atom.